The molecule has 0 aliphatic rings. The minimum Gasteiger partial charge on any atom is -0.398 e. The number of nitrogens with two attached hydrogens (primary N) is 1. The van der Waals surface area contributed by atoms with Gasteiger partial charge in [0.05, 0.1) is 0 Å². The third kappa shape index (κ3) is 4.02. The van der Waals surface area contributed by atoms with E-state index < -0.39 is 0 Å². The van der Waals surface area contributed by atoms with Crippen LogP contribution in [0.3, 0.4) is 0 Å². The number of hydrogen-bond acceptors (Lipinski definition) is 3. The van der Waals surface area contributed by atoms with Crippen LogP contribution in [0.4, 0.5) is 5.69 Å². The molecule has 0 spiro atoms. The van der Waals surface area contributed by atoms with E-state index in [2.05, 4.69) is 33.1 Å². The molecule has 0 heterocycles. The fraction of sp³-hybridized carbons (Fsp3) is 0.417. The Morgan fingerprint density at radius 1 is 1.53 bits per heavy atom. The molecular weight excluding hydrogens is 282 g/mol. The maximum Gasteiger partial charge on any atom is 0.251 e. The van der Waals surface area contributed by atoms with Crippen LogP contribution < -0.4 is 11.1 Å². The van der Waals surface area contributed by atoms with Crippen molar-refractivity contribution in [3.05, 3.63) is 28.2 Å². The van der Waals surface area contributed by atoms with Gasteiger partial charge in [0.2, 0.25) is 0 Å². The largest absolute Gasteiger partial charge is 0.398 e. The maximum atomic E-state index is 11.8. The van der Waals surface area contributed by atoms with Gasteiger partial charge in [-0.25, -0.2) is 0 Å². The molecule has 94 valence electrons. The lowest BCUT2D eigenvalue weighted by atomic mass is 10.2. The number of amides is 1. The first-order chi connectivity index (χ1) is 7.91. The minimum atomic E-state index is -0.0839. The van der Waals surface area contributed by atoms with E-state index >= 15 is 0 Å². The average Bonchev–Trinajstić information content (AvgIpc) is 2.28. The highest BCUT2D eigenvalue weighted by Crippen LogP contribution is 2.20. The predicted molar refractivity (Wildman–Crippen MR) is 74.0 cm³/mol. The van der Waals surface area contributed by atoms with Gasteiger partial charge in [-0.15, -0.1) is 0 Å². The van der Waals surface area contributed by atoms with E-state index in [4.69, 9.17) is 5.73 Å². The molecule has 0 aromatic heterocycles. The zero-order valence-corrected chi connectivity index (χ0v) is 11.9. The first-order valence-electron chi connectivity index (χ1n) is 5.41. The summed E-state index contributed by atoms with van der Waals surface area (Å²) < 4.78 is 0.741. The molecule has 0 saturated heterocycles. The SMILES string of the molecule is CC(CNC(=O)c1ccc(N)c(Br)c1)N(C)C. The molecule has 0 aliphatic heterocycles. The molecule has 0 saturated carbocycles. The molecule has 0 bridgehead atoms. The third-order valence-corrected chi connectivity index (χ3v) is 3.39. The minimum absolute atomic E-state index is 0.0839. The predicted octanol–water partition coefficient (Wildman–Crippen LogP) is 1.71. The highest BCUT2D eigenvalue weighted by atomic mass is 79.9. The molecule has 4 nitrogen and oxygen atoms in total. The van der Waals surface area contributed by atoms with Gasteiger partial charge in [0.15, 0.2) is 0 Å². The van der Waals surface area contributed by atoms with E-state index in [1.165, 1.54) is 0 Å². The van der Waals surface area contributed by atoms with Crippen molar-refractivity contribution in [1.29, 1.82) is 0 Å². The van der Waals surface area contributed by atoms with Gasteiger partial charge in [-0.1, -0.05) is 0 Å². The molecule has 1 rings (SSSR count). The van der Waals surface area contributed by atoms with Crippen LogP contribution in [0.5, 0.6) is 0 Å². The highest BCUT2D eigenvalue weighted by molar-refractivity contribution is 9.10. The van der Waals surface area contributed by atoms with Crippen molar-refractivity contribution in [1.82, 2.24) is 10.2 Å². The van der Waals surface area contributed by atoms with Gasteiger partial charge in [0, 0.05) is 28.3 Å². The Hall–Kier alpha value is -1.07. The Labute approximate surface area is 110 Å². The van der Waals surface area contributed by atoms with Crippen LogP contribution >= 0.6 is 15.9 Å². The van der Waals surface area contributed by atoms with Crippen LogP contribution in [-0.4, -0.2) is 37.5 Å². The molecule has 0 radical (unpaired) electrons. The molecule has 17 heavy (non-hydrogen) atoms. The van der Waals surface area contributed by atoms with Crippen molar-refractivity contribution < 1.29 is 4.79 Å². The first-order valence-corrected chi connectivity index (χ1v) is 6.20. The average molecular weight is 300 g/mol. The number of hydrogen-bond donors (Lipinski definition) is 2. The van der Waals surface area contributed by atoms with E-state index in [1.807, 2.05) is 14.1 Å². The summed E-state index contributed by atoms with van der Waals surface area (Å²) in [5.41, 5.74) is 6.90. The number of likely N-dealkylation sites (N-methyl/N-ethyl adjacent to an activating group) is 1. The summed E-state index contributed by atoms with van der Waals surface area (Å²) in [7, 11) is 3.97. The monoisotopic (exact) mass is 299 g/mol. The van der Waals surface area contributed by atoms with Crippen LogP contribution in [0.25, 0.3) is 0 Å². The summed E-state index contributed by atoms with van der Waals surface area (Å²) in [6, 6.07) is 5.46. The van der Waals surface area contributed by atoms with Gasteiger partial charge in [-0.05, 0) is 55.1 Å². The summed E-state index contributed by atoms with van der Waals surface area (Å²) in [6.07, 6.45) is 0. The fourth-order valence-electron chi connectivity index (χ4n) is 1.19. The summed E-state index contributed by atoms with van der Waals surface area (Å²) in [6.45, 7) is 2.67. The molecule has 5 heteroatoms. The number of halogens is 1. The number of anilines is 1. The van der Waals surface area contributed by atoms with Crippen LogP contribution in [0, 0.1) is 0 Å². The Morgan fingerprint density at radius 3 is 2.71 bits per heavy atom. The van der Waals surface area contributed by atoms with Crippen molar-refractivity contribution in [2.75, 3.05) is 26.4 Å². The van der Waals surface area contributed by atoms with E-state index in [0.717, 1.165) is 4.47 Å². The van der Waals surface area contributed by atoms with Crippen LogP contribution in [0.2, 0.25) is 0 Å². The molecular formula is C12H18BrN3O. The summed E-state index contributed by atoms with van der Waals surface area (Å²) in [5, 5.41) is 2.88. The molecule has 1 unspecified atom stereocenters. The van der Waals surface area contributed by atoms with Gasteiger partial charge < -0.3 is 16.0 Å². The van der Waals surface area contributed by atoms with Gasteiger partial charge >= 0.3 is 0 Å². The molecule has 1 atom stereocenters. The van der Waals surface area contributed by atoms with Gasteiger partial charge in [-0.3, -0.25) is 4.79 Å². The molecule has 0 fully saturated rings. The topological polar surface area (TPSA) is 58.4 Å². The van der Waals surface area contributed by atoms with Crippen molar-refractivity contribution in [3.63, 3.8) is 0 Å². The fourth-order valence-corrected chi connectivity index (χ4v) is 1.57. The molecule has 1 aromatic rings. The smallest absolute Gasteiger partial charge is 0.251 e. The number of rotatable bonds is 4. The van der Waals surface area contributed by atoms with Gasteiger partial charge in [0.1, 0.15) is 0 Å². The number of carbonyl (C=O) groups is 1. The van der Waals surface area contributed by atoms with Crippen LogP contribution in [-0.2, 0) is 0 Å². The van der Waals surface area contributed by atoms with Crippen molar-refractivity contribution in [2.45, 2.75) is 13.0 Å². The first kappa shape index (κ1) is 14.0. The van der Waals surface area contributed by atoms with E-state index in [-0.39, 0.29) is 5.91 Å². The van der Waals surface area contributed by atoms with Gasteiger partial charge in [-0.2, -0.15) is 0 Å². The second-order valence-electron chi connectivity index (χ2n) is 4.26. The Morgan fingerprint density at radius 2 is 2.18 bits per heavy atom. The number of nitrogens with one attached hydrogen (secondary N) is 1. The number of carbonyl (C=O) groups excluding carboxylic acids is 1. The standard InChI is InChI=1S/C12H18BrN3O/c1-8(16(2)3)7-15-12(17)9-4-5-11(14)10(13)6-9/h4-6,8H,7,14H2,1-3H3,(H,15,17). The third-order valence-electron chi connectivity index (χ3n) is 2.70. The molecule has 0 aliphatic carbocycles. The lowest BCUT2D eigenvalue weighted by molar-refractivity contribution is 0.0943. The van der Waals surface area contributed by atoms with Crippen LogP contribution in [0.1, 0.15) is 17.3 Å². The lowest BCUT2D eigenvalue weighted by Crippen LogP contribution is -2.38. The molecule has 3 N–H and O–H groups in total. The van der Waals surface area contributed by atoms with Crippen molar-refractivity contribution >= 4 is 27.5 Å². The van der Waals surface area contributed by atoms with Crippen LogP contribution in [0.15, 0.2) is 22.7 Å². The lowest BCUT2D eigenvalue weighted by Gasteiger charge is -2.20. The maximum absolute atomic E-state index is 11.8. The highest BCUT2D eigenvalue weighted by Gasteiger charge is 2.10. The molecule has 1 aromatic carbocycles. The Balaban J connectivity index is 2.61. The quantitative estimate of drug-likeness (QED) is 0.832. The van der Waals surface area contributed by atoms with E-state index in [1.54, 1.807) is 18.2 Å². The van der Waals surface area contributed by atoms with E-state index in [0.29, 0.717) is 23.8 Å². The Bertz CT molecular complexity index is 407. The summed E-state index contributed by atoms with van der Waals surface area (Å²) in [4.78, 5) is 13.9. The molecule has 1 amide bonds. The number of nitrogens with zero attached hydrogens (tertiary/aromatic N) is 1. The second kappa shape index (κ2) is 6.02. The normalized spacial score (nSPS) is 12.5. The van der Waals surface area contributed by atoms with Crippen molar-refractivity contribution in [2.24, 2.45) is 0 Å². The number of nitrogen functional groups attached to an aromatic ring is 1. The second-order valence-corrected chi connectivity index (χ2v) is 5.11. The van der Waals surface area contributed by atoms with E-state index in [9.17, 15) is 4.79 Å². The summed E-state index contributed by atoms with van der Waals surface area (Å²) in [5.74, 6) is -0.0839. The summed E-state index contributed by atoms with van der Waals surface area (Å²) >= 11 is 3.30. The number of benzene rings is 1. The van der Waals surface area contributed by atoms with Crippen molar-refractivity contribution in [3.8, 4) is 0 Å². The zero-order valence-electron chi connectivity index (χ0n) is 10.3. The Kier molecular flexibility index (Phi) is 4.96. The van der Waals surface area contributed by atoms with Gasteiger partial charge in [0.25, 0.3) is 5.91 Å². The zero-order chi connectivity index (χ0) is 13.0.